The molecule has 0 heterocycles. The van der Waals surface area contributed by atoms with Gasteiger partial charge in [0.15, 0.2) is 0 Å². The molecule has 0 aliphatic heterocycles. The van der Waals surface area contributed by atoms with Crippen molar-refractivity contribution >= 4 is 0 Å². The van der Waals surface area contributed by atoms with Crippen molar-refractivity contribution in [3.63, 3.8) is 0 Å². The Morgan fingerprint density at radius 2 is 1.50 bits per heavy atom. The maximum absolute atomic E-state index is 3.51. The Labute approximate surface area is 110 Å². The van der Waals surface area contributed by atoms with Gasteiger partial charge in [0.1, 0.15) is 0 Å². The molecule has 94 valence electrons. The van der Waals surface area contributed by atoms with Gasteiger partial charge in [0.2, 0.25) is 0 Å². The zero-order chi connectivity index (χ0) is 12.8. The van der Waals surface area contributed by atoms with Gasteiger partial charge in [-0.05, 0) is 36.6 Å². The van der Waals surface area contributed by atoms with Crippen LogP contribution in [-0.2, 0) is 0 Å². The van der Waals surface area contributed by atoms with E-state index < -0.39 is 0 Å². The molecule has 0 fully saturated rings. The quantitative estimate of drug-likeness (QED) is 0.814. The van der Waals surface area contributed by atoms with Crippen molar-refractivity contribution in [3.8, 4) is 11.1 Å². The largest absolute Gasteiger partial charge is 0.310 e. The normalized spacial score (nSPS) is 12.3. The predicted molar refractivity (Wildman–Crippen MR) is 78.6 cm³/mol. The summed E-state index contributed by atoms with van der Waals surface area (Å²) in [5.41, 5.74) is 3.91. The Bertz CT molecular complexity index is 459. The van der Waals surface area contributed by atoms with E-state index in [0.29, 0.717) is 6.04 Å². The highest BCUT2D eigenvalue weighted by Gasteiger charge is 2.04. The lowest BCUT2D eigenvalue weighted by atomic mass is 10.0. The van der Waals surface area contributed by atoms with Gasteiger partial charge in [-0.3, -0.25) is 0 Å². The van der Waals surface area contributed by atoms with Crippen LogP contribution >= 0.6 is 0 Å². The fourth-order valence-electron chi connectivity index (χ4n) is 2.07. The third kappa shape index (κ3) is 3.21. The number of hydrogen-bond donors (Lipinski definition) is 1. The summed E-state index contributed by atoms with van der Waals surface area (Å²) in [4.78, 5) is 0. The van der Waals surface area contributed by atoms with E-state index in [-0.39, 0.29) is 0 Å². The Hall–Kier alpha value is -1.60. The molecule has 0 aromatic heterocycles. The third-order valence-electron chi connectivity index (χ3n) is 3.22. The summed E-state index contributed by atoms with van der Waals surface area (Å²) < 4.78 is 0. The van der Waals surface area contributed by atoms with Crippen molar-refractivity contribution in [2.75, 3.05) is 6.54 Å². The molecule has 2 aromatic rings. The van der Waals surface area contributed by atoms with E-state index in [1.165, 1.54) is 23.1 Å². The molecule has 0 saturated carbocycles. The molecule has 0 amide bonds. The first-order valence-electron chi connectivity index (χ1n) is 6.70. The van der Waals surface area contributed by atoms with Gasteiger partial charge in [-0.15, -0.1) is 0 Å². The van der Waals surface area contributed by atoms with Crippen LogP contribution in [0, 0.1) is 0 Å². The molecule has 18 heavy (non-hydrogen) atoms. The highest BCUT2D eigenvalue weighted by Crippen LogP contribution is 2.21. The molecule has 1 heteroatoms. The molecule has 1 unspecified atom stereocenters. The molecule has 1 N–H and O–H groups in total. The van der Waals surface area contributed by atoms with Crippen molar-refractivity contribution in [1.82, 2.24) is 5.32 Å². The number of hydrogen-bond acceptors (Lipinski definition) is 1. The standard InChI is InChI=1S/C17H21N/c1-3-13-18-14(2)15-9-11-17(12-10-15)16-7-5-4-6-8-16/h4-12,14,18H,3,13H2,1-2H3. The summed E-state index contributed by atoms with van der Waals surface area (Å²) in [7, 11) is 0. The van der Waals surface area contributed by atoms with Crippen LogP contribution in [0.1, 0.15) is 31.9 Å². The number of benzene rings is 2. The molecule has 0 radical (unpaired) electrons. The average molecular weight is 239 g/mol. The van der Waals surface area contributed by atoms with E-state index in [4.69, 9.17) is 0 Å². The van der Waals surface area contributed by atoms with E-state index in [1.54, 1.807) is 0 Å². The Kier molecular flexibility index (Phi) is 4.54. The minimum atomic E-state index is 0.426. The van der Waals surface area contributed by atoms with Crippen LogP contribution in [0.2, 0.25) is 0 Å². The first-order chi connectivity index (χ1) is 8.81. The Morgan fingerprint density at radius 1 is 0.889 bits per heavy atom. The molecule has 1 atom stereocenters. The third-order valence-corrected chi connectivity index (χ3v) is 3.22. The van der Waals surface area contributed by atoms with Crippen LogP contribution < -0.4 is 5.32 Å². The van der Waals surface area contributed by atoms with Gasteiger partial charge < -0.3 is 5.32 Å². The SMILES string of the molecule is CCCNC(C)c1ccc(-c2ccccc2)cc1. The lowest BCUT2D eigenvalue weighted by Crippen LogP contribution is -2.19. The molecule has 0 saturated heterocycles. The molecule has 0 aliphatic carbocycles. The van der Waals surface area contributed by atoms with E-state index in [9.17, 15) is 0 Å². The fraction of sp³-hybridized carbons (Fsp3) is 0.294. The van der Waals surface area contributed by atoms with Gasteiger partial charge in [0.25, 0.3) is 0 Å². The van der Waals surface area contributed by atoms with Crippen molar-refractivity contribution in [2.24, 2.45) is 0 Å². The summed E-state index contributed by atoms with van der Waals surface area (Å²) in [6, 6.07) is 19.8. The lowest BCUT2D eigenvalue weighted by Gasteiger charge is -2.14. The maximum Gasteiger partial charge on any atom is 0.0291 e. The van der Waals surface area contributed by atoms with Gasteiger partial charge in [0, 0.05) is 6.04 Å². The second-order valence-electron chi connectivity index (χ2n) is 4.66. The molecule has 0 bridgehead atoms. The van der Waals surface area contributed by atoms with Gasteiger partial charge in [-0.2, -0.15) is 0 Å². The van der Waals surface area contributed by atoms with Gasteiger partial charge in [0.05, 0.1) is 0 Å². The predicted octanol–water partition coefficient (Wildman–Crippen LogP) is 4.41. The zero-order valence-corrected chi connectivity index (χ0v) is 11.2. The van der Waals surface area contributed by atoms with Crippen LogP contribution in [-0.4, -0.2) is 6.54 Å². The number of rotatable bonds is 5. The van der Waals surface area contributed by atoms with E-state index in [0.717, 1.165) is 6.54 Å². The van der Waals surface area contributed by atoms with E-state index in [2.05, 4.69) is 73.8 Å². The summed E-state index contributed by atoms with van der Waals surface area (Å²) in [6.07, 6.45) is 1.17. The molecule has 2 aromatic carbocycles. The summed E-state index contributed by atoms with van der Waals surface area (Å²) in [5, 5.41) is 3.51. The molecular weight excluding hydrogens is 218 g/mol. The van der Waals surface area contributed by atoms with E-state index in [1.807, 2.05) is 0 Å². The highest BCUT2D eigenvalue weighted by atomic mass is 14.9. The molecule has 1 nitrogen and oxygen atoms in total. The minimum Gasteiger partial charge on any atom is -0.310 e. The summed E-state index contributed by atoms with van der Waals surface area (Å²) in [6.45, 7) is 5.48. The van der Waals surface area contributed by atoms with Gasteiger partial charge >= 0.3 is 0 Å². The van der Waals surface area contributed by atoms with Crippen LogP contribution in [0.15, 0.2) is 54.6 Å². The first kappa shape index (κ1) is 12.8. The van der Waals surface area contributed by atoms with Crippen LogP contribution in [0.25, 0.3) is 11.1 Å². The van der Waals surface area contributed by atoms with Crippen molar-refractivity contribution in [1.29, 1.82) is 0 Å². The molecule has 0 aliphatic rings. The minimum absolute atomic E-state index is 0.426. The van der Waals surface area contributed by atoms with E-state index >= 15 is 0 Å². The second kappa shape index (κ2) is 6.36. The fourth-order valence-corrected chi connectivity index (χ4v) is 2.07. The van der Waals surface area contributed by atoms with Gasteiger partial charge in [-0.25, -0.2) is 0 Å². The summed E-state index contributed by atoms with van der Waals surface area (Å²) >= 11 is 0. The second-order valence-corrected chi connectivity index (χ2v) is 4.66. The Balaban J connectivity index is 2.10. The topological polar surface area (TPSA) is 12.0 Å². The monoisotopic (exact) mass is 239 g/mol. The summed E-state index contributed by atoms with van der Waals surface area (Å²) in [5.74, 6) is 0. The number of nitrogens with one attached hydrogen (secondary N) is 1. The first-order valence-corrected chi connectivity index (χ1v) is 6.70. The van der Waals surface area contributed by atoms with Crippen LogP contribution in [0.5, 0.6) is 0 Å². The van der Waals surface area contributed by atoms with Crippen molar-refractivity contribution in [3.05, 3.63) is 60.2 Å². The van der Waals surface area contributed by atoms with Crippen molar-refractivity contribution < 1.29 is 0 Å². The smallest absolute Gasteiger partial charge is 0.0291 e. The average Bonchev–Trinajstić information content (AvgIpc) is 2.46. The van der Waals surface area contributed by atoms with Crippen LogP contribution in [0.3, 0.4) is 0 Å². The molecular formula is C17H21N. The van der Waals surface area contributed by atoms with Crippen molar-refractivity contribution in [2.45, 2.75) is 26.3 Å². The molecule has 0 spiro atoms. The van der Waals surface area contributed by atoms with Crippen LogP contribution in [0.4, 0.5) is 0 Å². The van der Waals surface area contributed by atoms with Gasteiger partial charge in [-0.1, -0.05) is 61.5 Å². The molecule has 2 rings (SSSR count). The zero-order valence-electron chi connectivity index (χ0n) is 11.2. The highest BCUT2D eigenvalue weighted by molar-refractivity contribution is 5.63. The lowest BCUT2D eigenvalue weighted by molar-refractivity contribution is 0.571. The Morgan fingerprint density at radius 3 is 2.11 bits per heavy atom. The maximum atomic E-state index is 3.51.